The van der Waals surface area contributed by atoms with Crippen molar-refractivity contribution in [2.24, 2.45) is 0 Å². The Morgan fingerprint density at radius 3 is 2.50 bits per heavy atom. The molecule has 0 saturated heterocycles. The van der Waals surface area contributed by atoms with Crippen molar-refractivity contribution >= 4 is 79.8 Å². The zero-order chi connectivity index (χ0) is 17.9. The fourth-order valence-electron chi connectivity index (χ4n) is 1.96. The molecule has 1 amide bonds. The third-order valence-corrected chi connectivity index (χ3v) is 4.43. The van der Waals surface area contributed by atoms with Crippen molar-refractivity contribution in [2.75, 3.05) is 5.32 Å². The van der Waals surface area contributed by atoms with Gasteiger partial charge in [-0.1, -0.05) is 0 Å². The standard InChI is InChI=1S/C15H11I2N3O3S/c1-8-4-9(6-11(17)5-8)14(21)19-15(24)18-12-3-2-10(16)7-13(12)20(22)23/h2-7H,1H3,(H2,18,19,21,24). The third-order valence-electron chi connectivity index (χ3n) is 2.94. The number of amides is 1. The number of carbonyl (C=O) groups excluding carboxylic acids is 1. The zero-order valence-electron chi connectivity index (χ0n) is 12.3. The van der Waals surface area contributed by atoms with E-state index in [0.29, 0.717) is 5.56 Å². The molecule has 2 rings (SSSR count). The van der Waals surface area contributed by atoms with Crippen LogP contribution in [-0.2, 0) is 0 Å². The van der Waals surface area contributed by atoms with Gasteiger partial charge in [-0.05, 0) is 100 Å². The van der Waals surface area contributed by atoms with Gasteiger partial charge in [0.25, 0.3) is 11.6 Å². The van der Waals surface area contributed by atoms with Crippen molar-refractivity contribution in [3.8, 4) is 0 Å². The van der Waals surface area contributed by atoms with Crippen LogP contribution < -0.4 is 10.6 Å². The molecule has 6 nitrogen and oxygen atoms in total. The first-order chi connectivity index (χ1) is 11.3. The van der Waals surface area contributed by atoms with Crippen LogP contribution in [0.3, 0.4) is 0 Å². The molecule has 0 radical (unpaired) electrons. The van der Waals surface area contributed by atoms with Gasteiger partial charge in [-0.3, -0.25) is 20.2 Å². The number of anilines is 1. The number of nitro groups is 1. The van der Waals surface area contributed by atoms with Gasteiger partial charge in [0, 0.05) is 18.8 Å². The number of rotatable bonds is 3. The van der Waals surface area contributed by atoms with Crippen molar-refractivity contribution in [1.82, 2.24) is 5.32 Å². The SMILES string of the molecule is Cc1cc(I)cc(C(=O)NC(=S)Nc2ccc(I)cc2[N+](=O)[O-])c1. The summed E-state index contributed by atoms with van der Waals surface area (Å²) >= 11 is 9.20. The monoisotopic (exact) mass is 567 g/mol. The summed E-state index contributed by atoms with van der Waals surface area (Å²) in [6, 6.07) is 10.1. The van der Waals surface area contributed by atoms with Crippen LogP contribution >= 0.6 is 57.4 Å². The number of carbonyl (C=O) groups is 1. The highest BCUT2D eigenvalue weighted by molar-refractivity contribution is 14.1. The molecule has 124 valence electrons. The second-order valence-corrected chi connectivity index (χ2v) is 7.74. The second-order valence-electron chi connectivity index (χ2n) is 4.84. The number of thiocarbonyl (C=S) groups is 1. The maximum absolute atomic E-state index is 12.2. The highest BCUT2D eigenvalue weighted by Gasteiger charge is 2.16. The van der Waals surface area contributed by atoms with E-state index in [0.717, 1.165) is 12.7 Å². The molecule has 9 heteroatoms. The lowest BCUT2D eigenvalue weighted by atomic mass is 10.1. The first-order valence-corrected chi connectivity index (χ1v) is 9.16. The van der Waals surface area contributed by atoms with Crippen LogP contribution in [-0.4, -0.2) is 15.9 Å². The van der Waals surface area contributed by atoms with E-state index in [4.69, 9.17) is 12.2 Å². The van der Waals surface area contributed by atoms with Crippen LogP contribution in [0, 0.1) is 24.2 Å². The summed E-state index contributed by atoms with van der Waals surface area (Å²) in [6.07, 6.45) is 0. The van der Waals surface area contributed by atoms with Crippen LogP contribution in [0.25, 0.3) is 0 Å². The van der Waals surface area contributed by atoms with Gasteiger partial charge in [0.2, 0.25) is 0 Å². The Bertz CT molecular complexity index is 822. The Morgan fingerprint density at radius 1 is 1.17 bits per heavy atom. The van der Waals surface area contributed by atoms with E-state index in [1.807, 2.05) is 35.6 Å². The summed E-state index contributed by atoms with van der Waals surface area (Å²) < 4.78 is 1.67. The number of benzene rings is 2. The van der Waals surface area contributed by atoms with Gasteiger partial charge in [-0.2, -0.15) is 0 Å². The highest BCUT2D eigenvalue weighted by Crippen LogP contribution is 2.26. The minimum Gasteiger partial charge on any atom is -0.327 e. The number of halogens is 2. The van der Waals surface area contributed by atoms with E-state index in [9.17, 15) is 14.9 Å². The molecule has 0 atom stereocenters. The Labute approximate surface area is 170 Å². The number of nitrogens with zero attached hydrogens (tertiary/aromatic N) is 1. The lowest BCUT2D eigenvalue weighted by Crippen LogP contribution is -2.34. The number of nitrogens with one attached hydrogen (secondary N) is 2. The fraction of sp³-hybridized carbons (Fsp3) is 0.0667. The second kappa shape index (κ2) is 8.16. The lowest BCUT2D eigenvalue weighted by Gasteiger charge is -2.10. The molecule has 2 N–H and O–H groups in total. The van der Waals surface area contributed by atoms with Gasteiger partial charge in [0.15, 0.2) is 5.11 Å². The molecular formula is C15H11I2N3O3S. The first-order valence-electron chi connectivity index (χ1n) is 6.60. The van der Waals surface area contributed by atoms with Gasteiger partial charge >= 0.3 is 0 Å². The molecule has 0 bridgehead atoms. The summed E-state index contributed by atoms with van der Waals surface area (Å²) in [5.41, 5.74) is 1.55. The Morgan fingerprint density at radius 2 is 1.88 bits per heavy atom. The minimum atomic E-state index is -0.502. The molecule has 0 aliphatic rings. The number of hydrogen-bond acceptors (Lipinski definition) is 4. The normalized spacial score (nSPS) is 10.1. The van der Waals surface area contributed by atoms with Crippen molar-refractivity contribution < 1.29 is 9.72 Å². The molecular weight excluding hydrogens is 556 g/mol. The van der Waals surface area contributed by atoms with Crippen LogP contribution in [0.1, 0.15) is 15.9 Å². The number of aryl methyl sites for hydroxylation is 1. The number of nitro benzene ring substituents is 1. The van der Waals surface area contributed by atoms with Gasteiger partial charge in [0.05, 0.1) is 4.92 Å². The van der Waals surface area contributed by atoms with E-state index in [-0.39, 0.29) is 22.4 Å². The lowest BCUT2D eigenvalue weighted by molar-refractivity contribution is -0.384. The van der Waals surface area contributed by atoms with E-state index in [1.54, 1.807) is 24.3 Å². The maximum Gasteiger partial charge on any atom is 0.293 e. The molecule has 0 aromatic heterocycles. The largest absolute Gasteiger partial charge is 0.327 e. The average Bonchev–Trinajstić information content (AvgIpc) is 2.47. The molecule has 0 aliphatic heterocycles. The first kappa shape index (κ1) is 19.0. The van der Waals surface area contributed by atoms with Gasteiger partial charge in [-0.15, -0.1) is 0 Å². The molecule has 0 saturated carbocycles. The van der Waals surface area contributed by atoms with Crippen molar-refractivity contribution in [2.45, 2.75) is 6.92 Å². The van der Waals surface area contributed by atoms with Crippen LogP contribution in [0.5, 0.6) is 0 Å². The molecule has 0 fully saturated rings. The van der Waals surface area contributed by atoms with E-state index in [2.05, 4.69) is 33.2 Å². The van der Waals surface area contributed by atoms with Gasteiger partial charge < -0.3 is 5.32 Å². The van der Waals surface area contributed by atoms with Gasteiger partial charge in [-0.25, -0.2) is 0 Å². The number of hydrogen-bond donors (Lipinski definition) is 2. The van der Waals surface area contributed by atoms with Crippen molar-refractivity contribution in [3.63, 3.8) is 0 Å². The van der Waals surface area contributed by atoms with E-state index < -0.39 is 4.92 Å². The predicted octanol–water partition coefficient (Wildman–Crippen LogP) is 4.24. The Balaban J connectivity index is 2.14. The van der Waals surface area contributed by atoms with Crippen LogP contribution in [0.15, 0.2) is 36.4 Å². The smallest absolute Gasteiger partial charge is 0.293 e. The molecule has 0 aliphatic carbocycles. The molecule has 0 spiro atoms. The third kappa shape index (κ3) is 5.08. The summed E-state index contributed by atoms with van der Waals surface area (Å²) in [4.78, 5) is 22.8. The quantitative estimate of drug-likeness (QED) is 0.251. The minimum absolute atomic E-state index is 0.000762. The predicted molar refractivity (Wildman–Crippen MR) is 113 cm³/mol. The van der Waals surface area contributed by atoms with Crippen LogP contribution in [0.2, 0.25) is 0 Å². The summed E-state index contributed by atoms with van der Waals surface area (Å²) in [6.45, 7) is 1.89. The summed E-state index contributed by atoms with van der Waals surface area (Å²) in [5, 5.41) is 16.3. The van der Waals surface area contributed by atoms with Crippen LogP contribution in [0.4, 0.5) is 11.4 Å². The highest BCUT2D eigenvalue weighted by atomic mass is 127. The molecule has 2 aromatic carbocycles. The Hall–Kier alpha value is -1.34. The van der Waals surface area contributed by atoms with E-state index in [1.165, 1.54) is 6.07 Å². The van der Waals surface area contributed by atoms with Gasteiger partial charge in [0.1, 0.15) is 5.69 Å². The average molecular weight is 567 g/mol. The van der Waals surface area contributed by atoms with Crippen molar-refractivity contribution in [3.05, 3.63) is 64.8 Å². The fourth-order valence-corrected chi connectivity index (χ4v) is 3.46. The molecule has 24 heavy (non-hydrogen) atoms. The summed E-state index contributed by atoms with van der Waals surface area (Å²) in [7, 11) is 0. The Kier molecular flexibility index (Phi) is 6.46. The summed E-state index contributed by atoms with van der Waals surface area (Å²) in [5.74, 6) is -0.373. The molecule has 2 aromatic rings. The zero-order valence-corrected chi connectivity index (χ0v) is 17.4. The maximum atomic E-state index is 12.2. The van der Waals surface area contributed by atoms with E-state index >= 15 is 0 Å². The molecule has 0 heterocycles. The van der Waals surface area contributed by atoms with Crippen molar-refractivity contribution in [1.29, 1.82) is 0 Å². The molecule has 0 unspecified atom stereocenters. The topological polar surface area (TPSA) is 84.3 Å².